The lowest BCUT2D eigenvalue weighted by Gasteiger charge is -2.32. The lowest BCUT2D eigenvalue weighted by Crippen LogP contribution is -2.39. The Morgan fingerprint density at radius 3 is 2.72 bits per heavy atom. The largest absolute Gasteiger partial charge is 0.495 e. The van der Waals surface area contributed by atoms with Crippen LogP contribution in [-0.2, 0) is 6.54 Å². The number of halogens is 2. The summed E-state index contributed by atoms with van der Waals surface area (Å²) in [6.07, 6.45) is 6.02. The number of aromatic nitrogens is 5. The summed E-state index contributed by atoms with van der Waals surface area (Å²) in [7, 11) is 1.54. The highest BCUT2D eigenvalue weighted by atomic mass is 35.5. The minimum Gasteiger partial charge on any atom is -0.495 e. The Morgan fingerprint density at radius 1 is 1.17 bits per heavy atom. The molecule has 5 rings (SSSR count). The maximum atomic E-state index is 12.9. The number of hydrogen-bond donors (Lipinski definition) is 2. The minimum absolute atomic E-state index is 0.0205. The number of hydrogen-bond acceptors (Lipinski definition) is 7. The molecule has 1 saturated heterocycles. The summed E-state index contributed by atoms with van der Waals surface area (Å²) in [5.41, 5.74) is 2.01. The van der Waals surface area contributed by atoms with Crippen LogP contribution >= 0.6 is 23.2 Å². The lowest BCUT2D eigenvalue weighted by atomic mass is 10.0. The summed E-state index contributed by atoms with van der Waals surface area (Å²) >= 11 is 12.0. The number of likely N-dealkylation sites (tertiary alicyclic amines) is 1. The van der Waals surface area contributed by atoms with E-state index in [0.717, 1.165) is 5.56 Å². The Hall–Kier alpha value is -3.63. The van der Waals surface area contributed by atoms with E-state index in [-0.39, 0.29) is 17.5 Å². The van der Waals surface area contributed by atoms with Gasteiger partial charge in [0.1, 0.15) is 11.3 Å². The molecule has 4 aromatic rings. The SMILES string of the molecule is COc1cncc(C(=O)N2CCC(n3ncc4nc(NCc5ccc(Cl)c(Cl)c5)[nH]c(=O)c43)CC2)c1. The van der Waals surface area contributed by atoms with Gasteiger partial charge in [-0.1, -0.05) is 29.3 Å². The third-order valence-corrected chi connectivity index (χ3v) is 6.93. The van der Waals surface area contributed by atoms with Crippen molar-refractivity contribution in [2.75, 3.05) is 25.5 Å². The van der Waals surface area contributed by atoms with Crippen LogP contribution < -0.4 is 15.6 Å². The fourth-order valence-electron chi connectivity index (χ4n) is 4.31. The lowest BCUT2D eigenvalue weighted by molar-refractivity contribution is 0.0691. The Bertz CT molecular complexity index is 1480. The summed E-state index contributed by atoms with van der Waals surface area (Å²) in [6, 6.07) is 6.98. The minimum atomic E-state index is -0.282. The average molecular weight is 528 g/mol. The zero-order valence-corrected chi connectivity index (χ0v) is 20.9. The van der Waals surface area contributed by atoms with E-state index in [1.165, 1.54) is 13.3 Å². The fraction of sp³-hybridized carbons (Fsp3) is 0.292. The van der Waals surface area contributed by atoms with Crippen molar-refractivity contribution in [1.82, 2.24) is 29.6 Å². The molecule has 0 unspecified atom stereocenters. The van der Waals surface area contributed by atoms with Gasteiger partial charge in [0.15, 0.2) is 5.52 Å². The molecule has 1 aromatic carbocycles. The molecule has 0 aliphatic carbocycles. The number of aromatic amines is 1. The molecule has 0 atom stereocenters. The first kappa shape index (κ1) is 24.1. The monoisotopic (exact) mass is 527 g/mol. The van der Waals surface area contributed by atoms with Gasteiger partial charge in [0.2, 0.25) is 5.95 Å². The van der Waals surface area contributed by atoms with E-state index in [9.17, 15) is 9.59 Å². The Labute approximate surface area is 216 Å². The van der Waals surface area contributed by atoms with E-state index in [1.54, 1.807) is 40.2 Å². The molecular weight excluding hydrogens is 505 g/mol. The van der Waals surface area contributed by atoms with Gasteiger partial charge in [0.25, 0.3) is 11.5 Å². The van der Waals surface area contributed by atoms with E-state index in [0.29, 0.717) is 70.8 Å². The number of anilines is 1. The molecule has 0 spiro atoms. The fourth-order valence-corrected chi connectivity index (χ4v) is 4.63. The number of nitrogens with one attached hydrogen (secondary N) is 2. The van der Waals surface area contributed by atoms with Crippen LogP contribution in [0.25, 0.3) is 11.0 Å². The molecule has 4 heterocycles. The summed E-state index contributed by atoms with van der Waals surface area (Å²) in [5.74, 6) is 0.782. The standard InChI is InChI=1S/C24H23Cl2N7O3/c1-36-17-9-15(11-27-12-17)23(35)32-6-4-16(5-7-32)33-21-20(13-29-33)30-24(31-22(21)34)28-10-14-2-3-18(25)19(26)8-14/h2-3,8-9,11-13,16H,4-7,10H2,1H3,(H2,28,30,31,34). The number of ether oxygens (including phenoxy) is 1. The summed E-state index contributed by atoms with van der Waals surface area (Å²) in [4.78, 5) is 39.0. The zero-order chi connectivity index (χ0) is 25.2. The van der Waals surface area contributed by atoms with E-state index in [4.69, 9.17) is 27.9 Å². The van der Waals surface area contributed by atoms with Crippen LogP contribution in [0.3, 0.4) is 0 Å². The van der Waals surface area contributed by atoms with Crippen LogP contribution in [-0.4, -0.2) is 55.7 Å². The van der Waals surface area contributed by atoms with Crippen molar-refractivity contribution < 1.29 is 9.53 Å². The number of rotatable bonds is 6. The van der Waals surface area contributed by atoms with Gasteiger partial charge in [-0.3, -0.25) is 24.2 Å². The topological polar surface area (TPSA) is 118 Å². The van der Waals surface area contributed by atoms with Gasteiger partial charge in [-0.2, -0.15) is 5.10 Å². The third-order valence-electron chi connectivity index (χ3n) is 6.19. The first-order chi connectivity index (χ1) is 17.4. The molecule has 2 N–H and O–H groups in total. The third kappa shape index (κ3) is 4.87. The molecule has 12 heteroatoms. The summed E-state index contributed by atoms with van der Waals surface area (Å²) in [6.45, 7) is 1.49. The number of H-pyrrole nitrogens is 1. The number of methoxy groups -OCH3 is 1. The number of carbonyl (C=O) groups is 1. The number of benzene rings is 1. The molecule has 0 saturated carbocycles. The van der Waals surface area contributed by atoms with Crippen molar-refractivity contribution in [3.63, 3.8) is 0 Å². The number of fused-ring (bicyclic) bond motifs is 1. The molecule has 1 amide bonds. The van der Waals surface area contributed by atoms with Crippen LogP contribution in [0.15, 0.2) is 47.7 Å². The van der Waals surface area contributed by atoms with E-state index < -0.39 is 0 Å². The van der Waals surface area contributed by atoms with Crippen molar-refractivity contribution in [1.29, 1.82) is 0 Å². The summed E-state index contributed by atoms with van der Waals surface area (Å²) < 4.78 is 6.89. The number of pyridine rings is 1. The summed E-state index contributed by atoms with van der Waals surface area (Å²) in [5, 5.41) is 8.50. The molecule has 36 heavy (non-hydrogen) atoms. The number of nitrogens with zero attached hydrogens (tertiary/aromatic N) is 5. The normalized spacial score (nSPS) is 14.2. The predicted molar refractivity (Wildman–Crippen MR) is 137 cm³/mol. The zero-order valence-electron chi connectivity index (χ0n) is 19.4. The molecule has 1 aliphatic heterocycles. The van der Waals surface area contributed by atoms with Crippen LogP contribution in [0, 0.1) is 0 Å². The second-order valence-electron chi connectivity index (χ2n) is 8.48. The predicted octanol–water partition coefficient (Wildman–Crippen LogP) is 3.92. The molecule has 3 aromatic heterocycles. The highest BCUT2D eigenvalue weighted by molar-refractivity contribution is 6.42. The van der Waals surface area contributed by atoms with E-state index in [2.05, 4.69) is 25.4 Å². The van der Waals surface area contributed by atoms with Crippen molar-refractivity contribution in [2.24, 2.45) is 0 Å². The average Bonchev–Trinajstić information content (AvgIpc) is 3.34. The van der Waals surface area contributed by atoms with Crippen LogP contribution in [0.4, 0.5) is 5.95 Å². The Morgan fingerprint density at radius 2 is 1.97 bits per heavy atom. The number of carbonyl (C=O) groups excluding carboxylic acids is 1. The van der Waals surface area contributed by atoms with Gasteiger partial charge in [-0.25, -0.2) is 4.98 Å². The van der Waals surface area contributed by atoms with Gasteiger partial charge in [0.05, 0.1) is 41.2 Å². The molecule has 0 bridgehead atoms. The molecule has 0 radical (unpaired) electrons. The first-order valence-corrected chi connectivity index (χ1v) is 12.1. The Kier molecular flexibility index (Phi) is 6.80. The number of piperidine rings is 1. The van der Waals surface area contributed by atoms with Gasteiger partial charge in [0, 0.05) is 25.8 Å². The van der Waals surface area contributed by atoms with E-state index >= 15 is 0 Å². The highest BCUT2D eigenvalue weighted by Crippen LogP contribution is 2.26. The van der Waals surface area contributed by atoms with Crippen molar-refractivity contribution in [3.8, 4) is 5.75 Å². The second kappa shape index (κ2) is 10.2. The molecule has 1 fully saturated rings. The second-order valence-corrected chi connectivity index (χ2v) is 9.29. The van der Waals surface area contributed by atoms with Crippen molar-refractivity contribution in [3.05, 3.63) is 74.4 Å². The molecular formula is C24H23Cl2N7O3. The first-order valence-electron chi connectivity index (χ1n) is 11.4. The maximum Gasteiger partial charge on any atom is 0.278 e. The van der Waals surface area contributed by atoms with Gasteiger partial charge < -0.3 is 15.0 Å². The Balaban J connectivity index is 1.27. The molecule has 186 valence electrons. The van der Waals surface area contributed by atoms with Gasteiger partial charge in [-0.15, -0.1) is 0 Å². The number of amides is 1. The van der Waals surface area contributed by atoms with Gasteiger partial charge >= 0.3 is 0 Å². The van der Waals surface area contributed by atoms with Crippen molar-refractivity contribution in [2.45, 2.75) is 25.4 Å². The van der Waals surface area contributed by atoms with Crippen LogP contribution in [0.5, 0.6) is 5.75 Å². The molecule has 1 aliphatic rings. The van der Waals surface area contributed by atoms with Crippen LogP contribution in [0.2, 0.25) is 10.0 Å². The quantitative estimate of drug-likeness (QED) is 0.390. The maximum absolute atomic E-state index is 12.9. The molecule has 10 nitrogen and oxygen atoms in total. The van der Waals surface area contributed by atoms with Gasteiger partial charge in [-0.05, 0) is 36.6 Å². The van der Waals surface area contributed by atoms with Crippen molar-refractivity contribution >= 4 is 46.1 Å². The van der Waals surface area contributed by atoms with Crippen LogP contribution in [0.1, 0.15) is 34.8 Å². The van der Waals surface area contributed by atoms with E-state index in [1.807, 2.05) is 6.07 Å². The highest BCUT2D eigenvalue weighted by Gasteiger charge is 2.27. The smallest absolute Gasteiger partial charge is 0.278 e.